The third kappa shape index (κ3) is 6.45. The molecule has 0 aromatic heterocycles. The third-order valence-electron chi connectivity index (χ3n) is 6.40. The molecule has 0 saturated heterocycles. The molecule has 0 heterocycles. The molecule has 4 aromatic carbocycles. The molecule has 4 rings (SSSR count). The first-order valence-electron chi connectivity index (χ1n) is 12.5. The Morgan fingerprint density at radius 3 is 1.61 bits per heavy atom. The number of hydrogen-bond donors (Lipinski definition) is 1. The fourth-order valence-corrected chi connectivity index (χ4v) is 4.72. The van der Waals surface area contributed by atoms with Crippen LogP contribution in [0.15, 0.2) is 133 Å². The van der Waals surface area contributed by atoms with Crippen molar-refractivity contribution < 1.29 is 4.79 Å². The van der Waals surface area contributed by atoms with Crippen LogP contribution < -0.4 is 5.32 Å². The van der Waals surface area contributed by atoms with Gasteiger partial charge in [-0.05, 0) is 35.3 Å². The van der Waals surface area contributed by atoms with E-state index in [1.165, 1.54) is 22.3 Å². The zero-order valence-electron chi connectivity index (χ0n) is 20.9. The summed E-state index contributed by atoms with van der Waals surface area (Å²) >= 11 is 0. The van der Waals surface area contributed by atoms with Crippen LogP contribution in [-0.2, 0) is 16.9 Å². The van der Waals surface area contributed by atoms with Crippen LogP contribution in [0.4, 0.5) is 0 Å². The summed E-state index contributed by atoms with van der Waals surface area (Å²) in [4.78, 5) is 13.9. The highest BCUT2D eigenvalue weighted by atomic mass is 16.1. The van der Waals surface area contributed by atoms with Gasteiger partial charge in [-0.25, -0.2) is 0 Å². The largest absolute Gasteiger partial charge is 0.299 e. The Morgan fingerprint density at radius 1 is 0.722 bits per heavy atom. The summed E-state index contributed by atoms with van der Waals surface area (Å²) < 4.78 is 0. The number of carbonyl (C=O) groups excluding carboxylic acids is 1. The summed E-state index contributed by atoms with van der Waals surface area (Å²) in [6.07, 6.45) is 3.62. The minimum atomic E-state index is -0.489. The Kier molecular flexibility index (Phi) is 8.98. The first-order valence-corrected chi connectivity index (χ1v) is 12.5. The number of allylic oxidation sites excluding steroid dienone is 1. The molecule has 3 heteroatoms. The average molecular weight is 475 g/mol. The van der Waals surface area contributed by atoms with Crippen molar-refractivity contribution in [3.63, 3.8) is 0 Å². The van der Waals surface area contributed by atoms with Crippen molar-refractivity contribution in [3.8, 4) is 0 Å². The standard InChI is InChI=1S/C33H34N2O/c1-28(36)15-14-25-35(27-29-16-6-2-7-17-29)26-24-34-33(30-18-8-3-9-19-30,31-20-10-4-11-21-31)32-22-12-5-13-23-32/h2-23,34H,24-27H2,1H3/b15-14+. The summed E-state index contributed by atoms with van der Waals surface area (Å²) in [5, 5.41) is 3.96. The predicted octanol–water partition coefficient (Wildman–Crippen LogP) is 6.22. The van der Waals surface area contributed by atoms with E-state index < -0.39 is 5.54 Å². The van der Waals surface area contributed by atoms with Crippen LogP contribution in [0.3, 0.4) is 0 Å². The second-order valence-corrected chi connectivity index (χ2v) is 9.01. The number of ketones is 1. The highest BCUT2D eigenvalue weighted by Gasteiger charge is 2.35. The average Bonchev–Trinajstić information content (AvgIpc) is 2.93. The summed E-state index contributed by atoms with van der Waals surface area (Å²) in [6, 6.07) is 42.5. The lowest BCUT2D eigenvalue weighted by Gasteiger charge is -2.38. The van der Waals surface area contributed by atoms with Gasteiger partial charge in [0, 0.05) is 26.2 Å². The fraction of sp³-hybridized carbons (Fsp3) is 0.182. The number of nitrogens with zero attached hydrogens (tertiary/aromatic N) is 1. The van der Waals surface area contributed by atoms with Gasteiger partial charge in [0.25, 0.3) is 0 Å². The van der Waals surface area contributed by atoms with Crippen LogP contribution in [0.5, 0.6) is 0 Å². The minimum Gasteiger partial charge on any atom is -0.299 e. The third-order valence-corrected chi connectivity index (χ3v) is 6.40. The highest BCUT2D eigenvalue weighted by molar-refractivity contribution is 5.87. The maximum atomic E-state index is 11.5. The summed E-state index contributed by atoms with van der Waals surface area (Å²) in [5.41, 5.74) is 4.38. The molecule has 0 spiro atoms. The Morgan fingerprint density at radius 2 is 1.17 bits per heavy atom. The normalized spacial score (nSPS) is 11.7. The first kappa shape index (κ1) is 25.3. The van der Waals surface area contributed by atoms with E-state index in [0.717, 1.165) is 19.6 Å². The van der Waals surface area contributed by atoms with Gasteiger partial charge >= 0.3 is 0 Å². The molecular weight excluding hydrogens is 440 g/mol. The van der Waals surface area contributed by atoms with Gasteiger partial charge in [-0.3, -0.25) is 15.0 Å². The van der Waals surface area contributed by atoms with Crippen molar-refractivity contribution in [1.29, 1.82) is 0 Å². The quantitative estimate of drug-likeness (QED) is 0.196. The lowest BCUT2D eigenvalue weighted by molar-refractivity contribution is -0.112. The molecule has 0 fully saturated rings. The van der Waals surface area contributed by atoms with Crippen molar-refractivity contribution >= 4 is 5.78 Å². The fourth-order valence-electron chi connectivity index (χ4n) is 4.72. The van der Waals surface area contributed by atoms with Crippen molar-refractivity contribution in [3.05, 3.63) is 156 Å². The number of benzene rings is 4. The Hall–Kier alpha value is -3.79. The van der Waals surface area contributed by atoms with E-state index in [-0.39, 0.29) is 5.78 Å². The van der Waals surface area contributed by atoms with E-state index >= 15 is 0 Å². The lowest BCUT2D eigenvalue weighted by atomic mass is 9.77. The van der Waals surface area contributed by atoms with E-state index in [1.54, 1.807) is 13.0 Å². The molecule has 0 aliphatic heterocycles. The molecule has 182 valence electrons. The summed E-state index contributed by atoms with van der Waals surface area (Å²) in [6.45, 7) is 4.71. The smallest absolute Gasteiger partial charge is 0.152 e. The van der Waals surface area contributed by atoms with Gasteiger partial charge in [-0.2, -0.15) is 0 Å². The van der Waals surface area contributed by atoms with E-state index in [4.69, 9.17) is 0 Å². The minimum absolute atomic E-state index is 0.0732. The van der Waals surface area contributed by atoms with Gasteiger partial charge in [-0.15, -0.1) is 0 Å². The summed E-state index contributed by atoms with van der Waals surface area (Å²) in [5.74, 6) is 0.0732. The number of hydrogen-bond acceptors (Lipinski definition) is 3. The lowest BCUT2D eigenvalue weighted by Crippen LogP contribution is -2.47. The van der Waals surface area contributed by atoms with Gasteiger partial charge in [-0.1, -0.05) is 127 Å². The first-order chi connectivity index (χ1) is 17.7. The molecule has 0 aliphatic rings. The van der Waals surface area contributed by atoms with Crippen LogP contribution in [-0.4, -0.2) is 30.3 Å². The van der Waals surface area contributed by atoms with Crippen LogP contribution >= 0.6 is 0 Å². The number of carbonyl (C=O) groups is 1. The molecule has 0 unspecified atom stereocenters. The molecule has 0 bridgehead atoms. The van der Waals surface area contributed by atoms with Crippen molar-refractivity contribution in [1.82, 2.24) is 10.2 Å². The second kappa shape index (κ2) is 12.8. The van der Waals surface area contributed by atoms with E-state index in [0.29, 0.717) is 6.54 Å². The van der Waals surface area contributed by atoms with Crippen LogP contribution in [0.1, 0.15) is 29.2 Å². The van der Waals surface area contributed by atoms with Crippen molar-refractivity contribution in [2.24, 2.45) is 0 Å². The van der Waals surface area contributed by atoms with E-state index in [9.17, 15) is 4.79 Å². The van der Waals surface area contributed by atoms with E-state index in [1.807, 2.05) is 12.1 Å². The molecular formula is C33H34N2O. The van der Waals surface area contributed by atoms with Crippen LogP contribution in [0, 0.1) is 0 Å². The molecule has 0 aliphatic carbocycles. The van der Waals surface area contributed by atoms with Crippen molar-refractivity contribution in [2.75, 3.05) is 19.6 Å². The van der Waals surface area contributed by atoms with Gasteiger partial charge in [0.2, 0.25) is 0 Å². The van der Waals surface area contributed by atoms with Crippen molar-refractivity contribution in [2.45, 2.75) is 19.0 Å². The molecule has 0 radical (unpaired) electrons. The topological polar surface area (TPSA) is 32.3 Å². The zero-order chi connectivity index (χ0) is 25.1. The van der Waals surface area contributed by atoms with Crippen LogP contribution in [0.2, 0.25) is 0 Å². The SMILES string of the molecule is CC(=O)/C=C/CN(CCNC(c1ccccc1)(c1ccccc1)c1ccccc1)Cc1ccccc1. The maximum Gasteiger partial charge on any atom is 0.152 e. The maximum absolute atomic E-state index is 11.5. The van der Waals surface area contributed by atoms with Gasteiger partial charge in [0.1, 0.15) is 0 Å². The van der Waals surface area contributed by atoms with Gasteiger partial charge in [0.15, 0.2) is 5.78 Å². The molecule has 4 aromatic rings. The Labute approximate surface area is 215 Å². The Bertz CT molecular complexity index is 1130. The van der Waals surface area contributed by atoms with E-state index in [2.05, 4.69) is 125 Å². The zero-order valence-corrected chi connectivity index (χ0v) is 20.9. The molecule has 36 heavy (non-hydrogen) atoms. The molecule has 1 N–H and O–H groups in total. The van der Waals surface area contributed by atoms with Crippen LogP contribution in [0.25, 0.3) is 0 Å². The van der Waals surface area contributed by atoms with Gasteiger partial charge in [0.05, 0.1) is 5.54 Å². The monoisotopic (exact) mass is 474 g/mol. The van der Waals surface area contributed by atoms with Gasteiger partial charge < -0.3 is 0 Å². The second-order valence-electron chi connectivity index (χ2n) is 9.01. The molecule has 0 saturated carbocycles. The molecule has 0 atom stereocenters. The predicted molar refractivity (Wildman–Crippen MR) is 149 cm³/mol. The molecule has 0 amide bonds. The highest BCUT2D eigenvalue weighted by Crippen LogP contribution is 2.36. The number of rotatable bonds is 12. The number of nitrogens with one attached hydrogen (secondary N) is 1. The summed E-state index contributed by atoms with van der Waals surface area (Å²) in [7, 11) is 0. The molecule has 3 nitrogen and oxygen atoms in total. The Balaban J connectivity index is 1.64.